The maximum Gasteiger partial charge on any atom is 0.150 e. The molecule has 3 N–H and O–H groups in total. The van der Waals surface area contributed by atoms with Gasteiger partial charge in [0.25, 0.3) is 0 Å². The highest BCUT2D eigenvalue weighted by molar-refractivity contribution is 6.61. The fraction of sp³-hybridized carbons (Fsp3) is 0. The Kier molecular flexibility index (Phi) is 6.89. The molecule has 0 atom stereocenters. The Hall–Kier alpha value is -5.48. The Bertz CT molecular complexity index is 2570. The lowest BCUT2D eigenvalue weighted by Gasteiger charge is -2.26. The van der Waals surface area contributed by atoms with E-state index in [1.54, 1.807) is 0 Å². The van der Waals surface area contributed by atoms with Gasteiger partial charge in [-0.05, 0) is 105 Å². The molecule has 0 aliphatic carbocycles. The van der Waals surface area contributed by atoms with Gasteiger partial charge < -0.3 is 15.3 Å². The molecule has 0 spiro atoms. The van der Waals surface area contributed by atoms with E-state index in [1.165, 1.54) is 10.8 Å². The van der Waals surface area contributed by atoms with E-state index >= 15 is 0 Å². The third-order valence-corrected chi connectivity index (χ3v) is 10.5. The molecule has 8 rings (SSSR count). The van der Waals surface area contributed by atoms with E-state index in [0.29, 0.717) is 10.9 Å². The third kappa shape index (κ3) is 4.36. The van der Waals surface area contributed by atoms with Crippen molar-refractivity contribution in [2.45, 2.75) is 0 Å². The second kappa shape index (κ2) is 11.1. The van der Waals surface area contributed by atoms with Crippen LogP contribution in [0.4, 0.5) is 0 Å². The van der Waals surface area contributed by atoms with E-state index in [1.807, 2.05) is 43.5 Å². The van der Waals surface area contributed by atoms with Crippen LogP contribution in [0, 0.1) is 0 Å². The molecule has 0 fully saturated rings. The second-order valence-electron chi connectivity index (χ2n) is 13.1. The zero-order valence-corrected chi connectivity index (χ0v) is 27.7. The highest BCUT2D eigenvalue weighted by atomic mass is 16.3. The number of hydrogen-bond donors (Lipinski definition) is 3. The normalized spacial score (nSPS) is 11.6. The molecule has 0 saturated carbocycles. The van der Waals surface area contributed by atoms with Crippen molar-refractivity contribution in [1.29, 1.82) is 0 Å². The molecule has 8 aromatic rings. The zero-order valence-electron chi connectivity index (χ0n) is 27.7. The molecular weight excluding hydrogens is 582 g/mol. The first kappa shape index (κ1) is 29.9. The molecule has 0 bridgehead atoms. The molecule has 8 aromatic carbocycles. The van der Waals surface area contributed by atoms with Crippen LogP contribution in [0.5, 0.6) is 17.2 Å². The maximum absolute atomic E-state index is 11.5. The third-order valence-electron chi connectivity index (χ3n) is 10.5. The average molecular weight is 614 g/mol. The van der Waals surface area contributed by atoms with Gasteiger partial charge in [0.15, 0.2) is 11.5 Å². The molecule has 0 aliphatic heterocycles. The minimum absolute atomic E-state index is 0.109. The lowest BCUT2D eigenvalue weighted by Crippen LogP contribution is -2.33. The Morgan fingerprint density at radius 3 is 1.23 bits per heavy atom. The largest absolute Gasteiger partial charge is 0.509 e. The summed E-state index contributed by atoms with van der Waals surface area (Å²) in [7, 11) is 9.78. The van der Waals surface area contributed by atoms with E-state index in [-0.39, 0.29) is 17.2 Å². The number of rotatable bonds is 3. The van der Waals surface area contributed by atoms with Gasteiger partial charge in [-0.3, -0.25) is 0 Å². The Morgan fingerprint density at radius 1 is 0.312 bits per heavy atom. The van der Waals surface area contributed by atoms with Crippen molar-refractivity contribution in [3.8, 4) is 50.6 Å². The molecule has 8 heteroatoms. The maximum atomic E-state index is 11.5. The molecule has 3 nitrogen and oxygen atoms in total. The SMILES string of the molecule is Bc1c(O)c(B)c2c(-c3ccc4ccccc4c3)c3c(B)c(O)c(O)c(B)c3c(-c3ccc(-c4ccc5ccccc5c4)cc3)c2c1B. The number of aromatic hydroxyl groups is 3. The van der Waals surface area contributed by atoms with Crippen molar-refractivity contribution in [1.82, 2.24) is 0 Å². The van der Waals surface area contributed by atoms with E-state index in [4.69, 9.17) is 0 Å². The van der Waals surface area contributed by atoms with Gasteiger partial charge in [-0.2, -0.15) is 0 Å². The molecule has 48 heavy (non-hydrogen) atoms. The summed E-state index contributed by atoms with van der Waals surface area (Å²) in [4.78, 5) is 0. The molecule has 0 amide bonds. The highest BCUT2D eigenvalue weighted by Crippen LogP contribution is 2.44. The van der Waals surface area contributed by atoms with Crippen molar-refractivity contribution >= 4 is 110 Å². The van der Waals surface area contributed by atoms with Crippen molar-refractivity contribution in [2.24, 2.45) is 0 Å². The summed E-state index contributed by atoms with van der Waals surface area (Å²) in [6.45, 7) is 0. The second-order valence-corrected chi connectivity index (χ2v) is 13.1. The lowest BCUT2D eigenvalue weighted by molar-refractivity contribution is 0.410. The molecule has 0 aliphatic rings. The summed E-state index contributed by atoms with van der Waals surface area (Å²) in [5.74, 6) is 0.0452. The van der Waals surface area contributed by atoms with E-state index < -0.39 is 0 Å². The first-order chi connectivity index (χ1) is 23.2. The first-order valence-corrected chi connectivity index (χ1v) is 16.4. The first-order valence-electron chi connectivity index (χ1n) is 16.4. The monoisotopic (exact) mass is 614 g/mol. The Morgan fingerprint density at radius 2 is 0.688 bits per heavy atom. The minimum atomic E-state index is -0.121. The number of hydrogen-bond acceptors (Lipinski definition) is 3. The predicted molar refractivity (Wildman–Crippen MR) is 219 cm³/mol. The summed E-state index contributed by atoms with van der Waals surface area (Å²) < 4.78 is 0. The topological polar surface area (TPSA) is 60.7 Å². The van der Waals surface area contributed by atoms with Gasteiger partial charge in [0.1, 0.15) is 45.0 Å². The fourth-order valence-electron chi connectivity index (χ4n) is 7.73. The van der Waals surface area contributed by atoms with E-state index in [0.717, 1.165) is 82.1 Å². The van der Waals surface area contributed by atoms with Crippen molar-refractivity contribution < 1.29 is 15.3 Å². The number of phenolic OH excluding ortho intramolecular Hbond substituents is 3. The van der Waals surface area contributed by atoms with Crippen LogP contribution < -0.4 is 27.3 Å². The summed E-state index contributed by atoms with van der Waals surface area (Å²) in [6.07, 6.45) is 0. The minimum Gasteiger partial charge on any atom is -0.509 e. The standard InChI is InChI=1S/C40H31B5O3/c41-33-29-27(22-13-9-21(10-14-22)25-15-11-19-5-1-3-7-23(19)17-25)30-32(36(44)40(48)39(47)35(30)43)28(31(29)34(42)38(46)37(33)45)26-16-12-20-6-2-4-8-24(20)18-26/h1-18,46-48H,41-45H2. The van der Waals surface area contributed by atoms with Gasteiger partial charge in [-0.15, -0.1) is 0 Å². The zero-order chi connectivity index (χ0) is 33.4. The Balaban J connectivity index is 1.51. The van der Waals surface area contributed by atoms with Crippen LogP contribution in [0.1, 0.15) is 0 Å². The summed E-state index contributed by atoms with van der Waals surface area (Å²) in [5, 5.41) is 42.6. The molecule has 224 valence electrons. The molecule has 0 saturated heterocycles. The molecular formula is C40H31B5O3. The van der Waals surface area contributed by atoms with Gasteiger partial charge in [0, 0.05) is 0 Å². The van der Waals surface area contributed by atoms with Gasteiger partial charge in [-0.25, -0.2) is 0 Å². The van der Waals surface area contributed by atoms with Crippen LogP contribution in [0.3, 0.4) is 0 Å². The molecule has 0 heterocycles. The summed E-state index contributed by atoms with van der Waals surface area (Å²) >= 11 is 0. The highest BCUT2D eigenvalue weighted by Gasteiger charge is 2.27. The van der Waals surface area contributed by atoms with Crippen LogP contribution in [0.2, 0.25) is 0 Å². The Labute approximate surface area is 283 Å². The van der Waals surface area contributed by atoms with Gasteiger partial charge in [0.05, 0.1) is 0 Å². The van der Waals surface area contributed by atoms with Crippen LogP contribution in [-0.2, 0) is 0 Å². The number of phenols is 3. The van der Waals surface area contributed by atoms with Crippen LogP contribution in [0.25, 0.3) is 76.5 Å². The van der Waals surface area contributed by atoms with Crippen molar-refractivity contribution in [2.75, 3.05) is 0 Å². The fourth-order valence-corrected chi connectivity index (χ4v) is 7.73. The van der Waals surface area contributed by atoms with Crippen LogP contribution in [0.15, 0.2) is 109 Å². The smallest absolute Gasteiger partial charge is 0.150 e. The molecule has 0 radical (unpaired) electrons. The van der Waals surface area contributed by atoms with Gasteiger partial charge in [0.2, 0.25) is 0 Å². The van der Waals surface area contributed by atoms with Gasteiger partial charge >= 0.3 is 0 Å². The van der Waals surface area contributed by atoms with Crippen molar-refractivity contribution in [3.63, 3.8) is 0 Å². The molecule has 0 aromatic heterocycles. The van der Waals surface area contributed by atoms with Crippen LogP contribution >= 0.6 is 0 Å². The number of fused-ring (bicyclic) bond motifs is 4. The van der Waals surface area contributed by atoms with E-state index in [9.17, 15) is 15.3 Å². The van der Waals surface area contributed by atoms with E-state index in [2.05, 4.69) is 105 Å². The van der Waals surface area contributed by atoms with Gasteiger partial charge in [-0.1, -0.05) is 108 Å². The summed E-state index contributed by atoms with van der Waals surface area (Å²) in [6, 6.07) is 38.3. The average Bonchev–Trinajstić information content (AvgIpc) is 3.13. The van der Waals surface area contributed by atoms with Crippen LogP contribution in [-0.4, -0.2) is 54.6 Å². The summed E-state index contributed by atoms with van der Waals surface area (Å²) in [5.41, 5.74) is 9.98. The lowest BCUT2D eigenvalue weighted by atomic mass is 9.66. The quantitative estimate of drug-likeness (QED) is 0.162. The van der Waals surface area contributed by atoms with Crippen molar-refractivity contribution in [3.05, 3.63) is 109 Å². The predicted octanol–water partition coefficient (Wildman–Crippen LogP) is 1.71. The number of benzene rings is 8. The molecule has 0 unspecified atom stereocenters.